The third-order valence-corrected chi connectivity index (χ3v) is 2.80. The van der Waals surface area contributed by atoms with Crippen LogP contribution in [0.15, 0.2) is 48.5 Å². The molecule has 6 heteroatoms. The van der Waals surface area contributed by atoms with Gasteiger partial charge in [0.25, 0.3) is 5.69 Å². The summed E-state index contributed by atoms with van der Waals surface area (Å²) < 4.78 is 0. The number of hydrogen-bond donors (Lipinski definition) is 2. The molecule has 0 aromatic heterocycles. The topological polar surface area (TPSA) is 98.3 Å². The Morgan fingerprint density at radius 2 is 1.90 bits per heavy atom. The first-order valence-corrected chi connectivity index (χ1v) is 5.94. The summed E-state index contributed by atoms with van der Waals surface area (Å²) in [5.41, 5.74) is 6.57. The van der Waals surface area contributed by atoms with Gasteiger partial charge in [0.1, 0.15) is 5.69 Å². The van der Waals surface area contributed by atoms with E-state index in [1.165, 1.54) is 18.2 Å². The number of carbonyl (C=O) groups excluding carboxylic acids is 1. The first kappa shape index (κ1) is 13.5. The van der Waals surface area contributed by atoms with Gasteiger partial charge in [0.2, 0.25) is 5.91 Å². The van der Waals surface area contributed by atoms with E-state index in [-0.39, 0.29) is 16.9 Å². The summed E-state index contributed by atoms with van der Waals surface area (Å²) >= 11 is 0. The fourth-order valence-corrected chi connectivity index (χ4v) is 1.78. The quantitative estimate of drug-likeness (QED) is 0.644. The molecule has 0 radical (unpaired) electrons. The molecule has 0 aliphatic rings. The number of benzene rings is 2. The summed E-state index contributed by atoms with van der Waals surface area (Å²) in [6, 6.07) is 13.5. The van der Waals surface area contributed by atoms with Gasteiger partial charge in [0, 0.05) is 18.2 Å². The molecule has 2 rings (SSSR count). The van der Waals surface area contributed by atoms with Crippen LogP contribution in [0.2, 0.25) is 0 Å². The molecule has 3 N–H and O–H groups in total. The first-order chi connectivity index (χ1) is 9.58. The van der Waals surface area contributed by atoms with Crippen LogP contribution in [0.5, 0.6) is 0 Å². The molecule has 0 saturated carbocycles. The number of amides is 1. The fourth-order valence-electron chi connectivity index (χ4n) is 1.78. The summed E-state index contributed by atoms with van der Waals surface area (Å²) in [5, 5.41) is 13.9. The van der Waals surface area contributed by atoms with E-state index in [4.69, 9.17) is 5.73 Å². The Hall–Kier alpha value is -2.89. The van der Waals surface area contributed by atoms with E-state index in [9.17, 15) is 14.9 Å². The number of hydrogen-bond acceptors (Lipinski definition) is 4. The Kier molecular flexibility index (Phi) is 3.95. The maximum Gasteiger partial charge on any atom is 0.292 e. The standard InChI is InChI=1S/C14H13N3O3/c15-14(18)11-6-7-13(17(19)20)12(8-11)16-9-10-4-2-1-3-5-10/h1-8,16H,9H2,(H2,15,18). The molecule has 20 heavy (non-hydrogen) atoms. The van der Waals surface area contributed by atoms with Gasteiger partial charge in [0.05, 0.1) is 4.92 Å². The molecule has 0 heterocycles. The largest absolute Gasteiger partial charge is 0.375 e. The van der Waals surface area contributed by atoms with Crippen molar-refractivity contribution in [1.82, 2.24) is 0 Å². The van der Waals surface area contributed by atoms with E-state index in [2.05, 4.69) is 5.32 Å². The maximum atomic E-state index is 11.1. The second-order valence-corrected chi connectivity index (χ2v) is 4.19. The summed E-state index contributed by atoms with van der Waals surface area (Å²) in [6.45, 7) is 0.421. The second kappa shape index (κ2) is 5.83. The van der Waals surface area contributed by atoms with E-state index in [0.29, 0.717) is 6.54 Å². The number of nitro benzene ring substituents is 1. The third kappa shape index (κ3) is 3.11. The highest BCUT2D eigenvalue weighted by Gasteiger charge is 2.15. The number of anilines is 1. The molecular weight excluding hydrogens is 258 g/mol. The summed E-state index contributed by atoms with van der Waals surface area (Å²) in [7, 11) is 0. The molecule has 0 atom stereocenters. The van der Waals surface area contributed by atoms with Gasteiger partial charge in [-0.3, -0.25) is 14.9 Å². The number of primary amides is 1. The van der Waals surface area contributed by atoms with Crippen molar-refractivity contribution in [2.24, 2.45) is 5.73 Å². The Bertz CT molecular complexity index is 641. The lowest BCUT2D eigenvalue weighted by Gasteiger charge is -2.08. The van der Waals surface area contributed by atoms with Crippen LogP contribution >= 0.6 is 0 Å². The number of nitrogens with two attached hydrogens (primary N) is 1. The zero-order chi connectivity index (χ0) is 14.5. The molecule has 2 aromatic carbocycles. The Morgan fingerprint density at radius 1 is 1.20 bits per heavy atom. The minimum Gasteiger partial charge on any atom is -0.375 e. The van der Waals surface area contributed by atoms with E-state index in [1.807, 2.05) is 30.3 Å². The van der Waals surface area contributed by atoms with Crippen molar-refractivity contribution in [2.45, 2.75) is 6.54 Å². The van der Waals surface area contributed by atoms with Crippen LogP contribution in [0.1, 0.15) is 15.9 Å². The van der Waals surface area contributed by atoms with Crippen molar-refractivity contribution in [2.75, 3.05) is 5.32 Å². The van der Waals surface area contributed by atoms with Crippen molar-refractivity contribution >= 4 is 17.3 Å². The molecule has 0 aliphatic heterocycles. The highest BCUT2D eigenvalue weighted by atomic mass is 16.6. The van der Waals surface area contributed by atoms with Gasteiger partial charge < -0.3 is 11.1 Å². The monoisotopic (exact) mass is 271 g/mol. The van der Waals surface area contributed by atoms with Crippen LogP contribution in [0.3, 0.4) is 0 Å². The summed E-state index contributed by atoms with van der Waals surface area (Å²) in [5.74, 6) is -0.623. The number of nitrogens with zero attached hydrogens (tertiary/aromatic N) is 1. The molecule has 102 valence electrons. The van der Waals surface area contributed by atoms with Crippen LogP contribution < -0.4 is 11.1 Å². The Morgan fingerprint density at radius 3 is 2.50 bits per heavy atom. The lowest BCUT2D eigenvalue weighted by atomic mass is 10.1. The average Bonchev–Trinajstić information content (AvgIpc) is 2.45. The van der Waals surface area contributed by atoms with Gasteiger partial charge >= 0.3 is 0 Å². The Labute approximate surface area is 115 Å². The summed E-state index contributed by atoms with van der Waals surface area (Å²) in [6.07, 6.45) is 0. The summed E-state index contributed by atoms with van der Waals surface area (Å²) in [4.78, 5) is 21.6. The highest BCUT2D eigenvalue weighted by molar-refractivity contribution is 5.94. The van der Waals surface area contributed by atoms with Crippen LogP contribution in [-0.4, -0.2) is 10.8 Å². The molecule has 0 fully saturated rings. The van der Waals surface area contributed by atoms with Crippen molar-refractivity contribution in [3.63, 3.8) is 0 Å². The normalized spacial score (nSPS) is 10.0. The van der Waals surface area contributed by atoms with Crippen molar-refractivity contribution in [3.8, 4) is 0 Å². The predicted octanol–water partition coefficient (Wildman–Crippen LogP) is 2.31. The SMILES string of the molecule is NC(=O)c1ccc([N+](=O)[O-])c(NCc2ccccc2)c1. The van der Waals surface area contributed by atoms with Crippen molar-refractivity contribution in [1.29, 1.82) is 0 Å². The molecule has 6 nitrogen and oxygen atoms in total. The van der Waals surface area contributed by atoms with Gasteiger partial charge in [-0.15, -0.1) is 0 Å². The van der Waals surface area contributed by atoms with Gasteiger partial charge in [0.15, 0.2) is 0 Å². The van der Waals surface area contributed by atoms with E-state index in [1.54, 1.807) is 0 Å². The van der Waals surface area contributed by atoms with Crippen LogP contribution in [0, 0.1) is 10.1 Å². The van der Waals surface area contributed by atoms with E-state index < -0.39 is 10.8 Å². The molecule has 0 aliphatic carbocycles. The van der Waals surface area contributed by atoms with Gasteiger partial charge in [-0.2, -0.15) is 0 Å². The zero-order valence-electron chi connectivity index (χ0n) is 10.6. The smallest absolute Gasteiger partial charge is 0.292 e. The minimum absolute atomic E-state index is 0.0917. The second-order valence-electron chi connectivity index (χ2n) is 4.19. The van der Waals surface area contributed by atoms with Gasteiger partial charge in [-0.25, -0.2) is 0 Å². The average molecular weight is 271 g/mol. The lowest BCUT2D eigenvalue weighted by Crippen LogP contribution is -2.12. The lowest BCUT2D eigenvalue weighted by molar-refractivity contribution is -0.384. The van der Waals surface area contributed by atoms with Crippen molar-refractivity contribution < 1.29 is 9.72 Å². The molecule has 2 aromatic rings. The third-order valence-electron chi connectivity index (χ3n) is 2.80. The van der Waals surface area contributed by atoms with Crippen LogP contribution in [0.25, 0.3) is 0 Å². The molecule has 0 unspecified atom stereocenters. The molecule has 0 spiro atoms. The number of nitrogens with one attached hydrogen (secondary N) is 1. The van der Waals surface area contributed by atoms with Crippen LogP contribution in [-0.2, 0) is 6.54 Å². The molecule has 0 saturated heterocycles. The highest BCUT2D eigenvalue weighted by Crippen LogP contribution is 2.25. The van der Waals surface area contributed by atoms with E-state index in [0.717, 1.165) is 5.56 Å². The van der Waals surface area contributed by atoms with E-state index >= 15 is 0 Å². The fraction of sp³-hybridized carbons (Fsp3) is 0.0714. The van der Waals surface area contributed by atoms with Gasteiger partial charge in [-0.1, -0.05) is 30.3 Å². The number of nitro groups is 1. The van der Waals surface area contributed by atoms with Gasteiger partial charge in [-0.05, 0) is 17.7 Å². The molecule has 0 bridgehead atoms. The first-order valence-electron chi connectivity index (χ1n) is 5.94. The number of carbonyl (C=O) groups is 1. The molecule has 1 amide bonds. The zero-order valence-corrected chi connectivity index (χ0v) is 10.6. The van der Waals surface area contributed by atoms with Crippen LogP contribution in [0.4, 0.5) is 11.4 Å². The van der Waals surface area contributed by atoms with Crippen molar-refractivity contribution in [3.05, 3.63) is 69.8 Å². The predicted molar refractivity (Wildman–Crippen MR) is 75.4 cm³/mol. The minimum atomic E-state index is -0.623. The Balaban J connectivity index is 2.26. The number of rotatable bonds is 5. The maximum absolute atomic E-state index is 11.1. The molecular formula is C14H13N3O3.